The molecule has 3 aromatic rings. The Morgan fingerprint density at radius 3 is 2.69 bits per heavy atom. The SMILES string of the molecule is O=C(c1ccc(-n2ccnc2)nc1)N(Cc1ccc(F)cc1F)C1CC1. The molecule has 0 atom stereocenters. The molecule has 0 unspecified atom stereocenters. The third-order valence-corrected chi connectivity index (χ3v) is 4.37. The molecule has 0 saturated heterocycles. The Hall–Kier alpha value is -3.09. The molecular formula is C19H16F2N4O. The fraction of sp³-hybridized carbons (Fsp3) is 0.211. The average molecular weight is 354 g/mol. The van der Waals surface area contributed by atoms with Gasteiger partial charge in [-0.1, -0.05) is 6.07 Å². The molecular weight excluding hydrogens is 338 g/mol. The molecule has 1 saturated carbocycles. The van der Waals surface area contributed by atoms with Gasteiger partial charge in [0.2, 0.25) is 0 Å². The van der Waals surface area contributed by atoms with Crippen molar-refractivity contribution in [3.05, 3.63) is 78.0 Å². The van der Waals surface area contributed by atoms with Gasteiger partial charge in [0.05, 0.1) is 5.56 Å². The number of benzene rings is 1. The van der Waals surface area contributed by atoms with E-state index in [1.165, 1.54) is 18.3 Å². The number of carbonyl (C=O) groups excluding carboxylic acids is 1. The quantitative estimate of drug-likeness (QED) is 0.706. The van der Waals surface area contributed by atoms with Gasteiger partial charge in [-0.15, -0.1) is 0 Å². The van der Waals surface area contributed by atoms with E-state index in [1.807, 2.05) is 0 Å². The summed E-state index contributed by atoms with van der Waals surface area (Å²) in [4.78, 5) is 22.8. The van der Waals surface area contributed by atoms with Gasteiger partial charge in [-0.05, 0) is 31.0 Å². The highest BCUT2D eigenvalue weighted by atomic mass is 19.1. The fourth-order valence-corrected chi connectivity index (χ4v) is 2.81. The summed E-state index contributed by atoms with van der Waals surface area (Å²) in [6.45, 7) is 0.110. The van der Waals surface area contributed by atoms with Crippen LogP contribution >= 0.6 is 0 Å². The molecule has 0 radical (unpaired) electrons. The summed E-state index contributed by atoms with van der Waals surface area (Å²) in [5.41, 5.74) is 0.734. The minimum atomic E-state index is -0.642. The van der Waals surface area contributed by atoms with Crippen LogP contribution < -0.4 is 0 Å². The van der Waals surface area contributed by atoms with Gasteiger partial charge >= 0.3 is 0 Å². The van der Waals surface area contributed by atoms with Gasteiger partial charge < -0.3 is 4.90 Å². The molecule has 1 aliphatic rings. The summed E-state index contributed by atoms with van der Waals surface area (Å²) in [7, 11) is 0. The maximum atomic E-state index is 14.0. The first-order chi connectivity index (χ1) is 12.6. The molecule has 1 aliphatic carbocycles. The van der Waals surface area contributed by atoms with Gasteiger partial charge in [0.15, 0.2) is 0 Å². The predicted molar refractivity (Wildman–Crippen MR) is 90.6 cm³/mol. The first kappa shape index (κ1) is 16.4. The molecule has 1 fully saturated rings. The summed E-state index contributed by atoms with van der Waals surface area (Å²) in [5.74, 6) is -0.825. The Labute approximate surface area is 148 Å². The number of hydrogen-bond donors (Lipinski definition) is 0. The van der Waals surface area contributed by atoms with E-state index < -0.39 is 11.6 Å². The number of carbonyl (C=O) groups is 1. The van der Waals surface area contributed by atoms with Crippen molar-refractivity contribution < 1.29 is 13.6 Å². The summed E-state index contributed by atoms with van der Waals surface area (Å²) in [5, 5.41) is 0. The van der Waals surface area contributed by atoms with Crippen molar-refractivity contribution in [2.24, 2.45) is 0 Å². The molecule has 2 aromatic heterocycles. The van der Waals surface area contributed by atoms with E-state index in [2.05, 4.69) is 9.97 Å². The van der Waals surface area contributed by atoms with Gasteiger partial charge in [0.25, 0.3) is 5.91 Å². The molecule has 2 heterocycles. The second-order valence-corrected chi connectivity index (χ2v) is 6.27. The van der Waals surface area contributed by atoms with Crippen LogP contribution in [0.15, 0.2) is 55.2 Å². The second kappa shape index (κ2) is 6.67. The third kappa shape index (κ3) is 3.33. The van der Waals surface area contributed by atoms with E-state index >= 15 is 0 Å². The van der Waals surface area contributed by atoms with Crippen LogP contribution in [0.25, 0.3) is 5.82 Å². The van der Waals surface area contributed by atoms with Crippen molar-refractivity contribution >= 4 is 5.91 Å². The normalized spacial score (nSPS) is 13.6. The van der Waals surface area contributed by atoms with E-state index in [0.29, 0.717) is 16.9 Å². The van der Waals surface area contributed by atoms with Gasteiger partial charge in [0, 0.05) is 42.8 Å². The molecule has 0 bridgehead atoms. The lowest BCUT2D eigenvalue weighted by Crippen LogP contribution is -2.33. The number of rotatable bonds is 5. The molecule has 0 aliphatic heterocycles. The molecule has 7 heteroatoms. The molecule has 5 nitrogen and oxygen atoms in total. The smallest absolute Gasteiger partial charge is 0.255 e. The van der Waals surface area contributed by atoms with E-state index in [1.54, 1.807) is 40.3 Å². The van der Waals surface area contributed by atoms with Crippen LogP contribution in [0.4, 0.5) is 8.78 Å². The molecule has 4 rings (SSSR count). The minimum absolute atomic E-state index is 0.0836. The van der Waals surface area contributed by atoms with Crippen molar-refractivity contribution in [1.29, 1.82) is 0 Å². The molecule has 132 valence electrons. The topological polar surface area (TPSA) is 51.0 Å². The van der Waals surface area contributed by atoms with Crippen LogP contribution in [-0.4, -0.2) is 31.4 Å². The lowest BCUT2D eigenvalue weighted by atomic mass is 10.1. The lowest BCUT2D eigenvalue weighted by Gasteiger charge is -2.23. The first-order valence-electron chi connectivity index (χ1n) is 8.31. The van der Waals surface area contributed by atoms with Crippen LogP contribution in [0.5, 0.6) is 0 Å². The molecule has 0 spiro atoms. The number of imidazole rings is 1. The van der Waals surface area contributed by atoms with E-state index in [9.17, 15) is 13.6 Å². The molecule has 1 aromatic carbocycles. The largest absolute Gasteiger partial charge is 0.331 e. The summed E-state index contributed by atoms with van der Waals surface area (Å²) in [6.07, 6.45) is 8.31. The zero-order valence-electron chi connectivity index (χ0n) is 13.8. The number of nitrogens with zero attached hydrogens (tertiary/aromatic N) is 4. The summed E-state index contributed by atoms with van der Waals surface area (Å²) >= 11 is 0. The van der Waals surface area contributed by atoms with Crippen molar-refractivity contribution in [1.82, 2.24) is 19.4 Å². The minimum Gasteiger partial charge on any atom is -0.331 e. The number of hydrogen-bond acceptors (Lipinski definition) is 3. The highest BCUT2D eigenvalue weighted by Crippen LogP contribution is 2.30. The van der Waals surface area contributed by atoms with E-state index in [0.717, 1.165) is 18.9 Å². The van der Waals surface area contributed by atoms with Crippen LogP contribution in [0, 0.1) is 11.6 Å². The average Bonchev–Trinajstić information content (AvgIpc) is 3.33. The van der Waals surface area contributed by atoms with E-state index in [4.69, 9.17) is 0 Å². The van der Waals surface area contributed by atoms with Crippen molar-refractivity contribution in [2.75, 3.05) is 0 Å². The van der Waals surface area contributed by atoms with Crippen molar-refractivity contribution in [3.63, 3.8) is 0 Å². The van der Waals surface area contributed by atoms with E-state index in [-0.39, 0.29) is 18.5 Å². The number of pyridine rings is 1. The van der Waals surface area contributed by atoms with Gasteiger partial charge in [-0.25, -0.2) is 18.7 Å². The maximum Gasteiger partial charge on any atom is 0.255 e. The predicted octanol–water partition coefficient (Wildman–Crippen LogP) is 3.35. The Morgan fingerprint density at radius 2 is 2.08 bits per heavy atom. The Morgan fingerprint density at radius 1 is 1.23 bits per heavy atom. The van der Waals surface area contributed by atoms with Crippen molar-refractivity contribution in [3.8, 4) is 5.82 Å². The molecule has 1 amide bonds. The van der Waals surface area contributed by atoms with Gasteiger partial charge in [-0.2, -0.15) is 0 Å². The maximum absolute atomic E-state index is 14.0. The third-order valence-electron chi connectivity index (χ3n) is 4.37. The first-order valence-corrected chi connectivity index (χ1v) is 8.31. The number of amides is 1. The van der Waals surface area contributed by atoms with Crippen LogP contribution in [0.1, 0.15) is 28.8 Å². The van der Waals surface area contributed by atoms with Crippen molar-refractivity contribution in [2.45, 2.75) is 25.4 Å². The number of aromatic nitrogens is 3. The fourth-order valence-electron chi connectivity index (χ4n) is 2.81. The second-order valence-electron chi connectivity index (χ2n) is 6.27. The molecule has 0 N–H and O–H groups in total. The van der Waals surface area contributed by atoms with Crippen LogP contribution in [0.3, 0.4) is 0 Å². The summed E-state index contributed by atoms with van der Waals surface area (Å²) < 4.78 is 28.8. The Bertz CT molecular complexity index is 921. The highest BCUT2D eigenvalue weighted by molar-refractivity contribution is 5.94. The zero-order valence-corrected chi connectivity index (χ0v) is 13.8. The molecule has 26 heavy (non-hydrogen) atoms. The summed E-state index contributed by atoms with van der Waals surface area (Å²) in [6, 6.07) is 6.94. The Balaban J connectivity index is 1.56. The van der Waals surface area contributed by atoms with Crippen LogP contribution in [0.2, 0.25) is 0 Å². The van der Waals surface area contributed by atoms with Gasteiger partial charge in [0.1, 0.15) is 23.8 Å². The van der Waals surface area contributed by atoms with Gasteiger partial charge in [-0.3, -0.25) is 9.36 Å². The highest BCUT2D eigenvalue weighted by Gasteiger charge is 2.33. The standard InChI is InChI=1S/C19H16F2N4O/c20-15-3-1-14(17(21)9-15)11-25(16-4-5-16)19(26)13-2-6-18(23-10-13)24-8-7-22-12-24/h1-3,6-10,12,16H,4-5,11H2. The Kier molecular flexibility index (Phi) is 4.20. The van der Waals surface area contributed by atoms with Crippen LogP contribution in [-0.2, 0) is 6.54 Å². The lowest BCUT2D eigenvalue weighted by molar-refractivity contribution is 0.0728. The monoisotopic (exact) mass is 354 g/mol. The number of halogens is 2. The zero-order chi connectivity index (χ0) is 18.1.